The minimum atomic E-state index is -3.88. The summed E-state index contributed by atoms with van der Waals surface area (Å²) in [6.45, 7) is 0.869. The van der Waals surface area contributed by atoms with Crippen molar-refractivity contribution in [2.24, 2.45) is 0 Å². The number of sulfone groups is 2. The Morgan fingerprint density at radius 3 is 1.18 bits per heavy atom. The van der Waals surface area contributed by atoms with E-state index in [4.69, 9.17) is 28.4 Å². The molecule has 0 unspecified atom stereocenters. The molecule has 10 heterocycles. The van der Waals surface area contributed by atoms with E-state index in [9.17, 15) is 25.6 Å². The van der Waals surface area contributed by atoms with Crippen LogP contribution < -0.4 is 28.7 Å². The molecule has 0 N–H and O–H groups in total. The fourth-order valence-corrected chi connectivity index (χ4v) is 12.5. The van der Waals surface area contributed by atoms with Crippen LogP contribution in [0.3, 0.4) is 0 Å². The maximum Gasteiger partial charge on any atom is 0.245 e. The van der Waals surface area contributed by atoms with Crippen molar-refractivity contribution in [3.05, 3.63) is 110 Å². The van der Waals surface area contributed by atoms with E-state index in [-0.39, 0.29) is 84.4 Å². The summed E-state index contributed by atoms with van der Waals surface area (Å²) >= 11 is 0. The van der Waals surface area contributed by atoms with Crippen LogP contribution in [-0.2, 0) is 40.7 Å². The molecular weight excluding hydrogens is 1090 g/mol. The molecule has 0 aromatic carbocycles. The van der Waals surface area contributed by atoms with E-state index in [2.05, 4.69) is 70.2 Å². The van der Waals surface area contributed by atoms with Crippen molar-refractivity contribution in [2.75, 3.05) is 78.6 Å². The zero-order valence-corrected chi connectivity index (χ0v) is 45.4. The first-order valence-electron chi connectivity index (χ1n) is 24.2. The van der Waals surface area contributed by atoms with Crippen LogP contribution >= 0.6 is 0 Å². The first-order chi connectivity index (χ1) is 38.7. The zero-order chi connectivity index (χ0) is 56.6. The van der Waals surface area contributed by atoms with Crippen molar-refractivity contribution in [1.82, 2.24) is 79.4 Å². The molecule has 0 bridgehead atoms. The van der Waals surface area contributed by atoms with E-state index in [0.29, 0.717) is 35.9 Å². The second-order valence-electron chi connectivity index (χ2n) is 17.8. The van der Waals surface area contributed by atoms with Crippen molar-refractivity contribution >= 4 is 31.6 Å². The number of nitrogens with zero attached hydrogens (tertiary/aromatic N) is 18. The Balaban J connectivity index is 0.000000194. The molecule has 4 atom stereocenters. The molecule has 2 fully saturated rings. The van der Waals surface area contributed by atoms with Crippen LogP contribution in [0.5, 0.6) is 23.5 Å². The number of methoxy groups -OCH3 is 6. The standard InChI is InChI=1S/2C24H26FN9O5S/c2*1-37-17-7-18(12-33(11-17)24-27-9-16(25)10-28-24)40(35,36)13-19-31-32-21(15-5-4-6-26-8-15)34(19)20-22(38-2)29-14-30-23(20)39-3/h2*4-6,8-10,14,17-18H,7,11-13H2,1-3H3/t2*17-,18-/m10/s1. The predicted molar refractivity (Wildman–Crippen MR) is 279 cm³/mol. The molecular formula is C48H52F2N18O10S2. The second-order valence-corrected chi connectivity index (χ2v) is 22.3. The summed E-state index contributed by atoms with van der Waals surface area (Å²) in [6, 6.07) is 6.97. The lowest BCUT2D eigenvalue weighted by molar-refractivity contribution is 0.0897. The molecule has 28 nitrogen and oxygen atoms in total. The van der Waals surface area contributed by atoms with Crippen molar-refractivity contribution < 1.29 is 54.0 Å². The number of hydrogen-bond acceptors (Lipinski definition) is 26. The van der Waals surface area contributed by atoms with Crippen LogP contribution in [0.4, 0.5) is 20.7 Å². The van der Waals surface area contributed by atoms with Gasteiger partial charge in [-0.2, -0.15) is 19.9 Å². The van der Waals surface area contributed by atoms with E-state index < -0.39 is 65.5 Å². The molecule has 0 aliphatic carbocycles. The van der Waals surface area contributed by atoms with Gasteiger partial charge in [0.2, 0.25) is 35.4 Å². The summed E-state index contributed by atoms with van der Waals surface area (Å²) in [5.74, 6) is -0.430. The molecule has 0 amide bonds. The quantitative estimate of drug-likeness (QED) is 0.119. The summed E-state index contributed by atoms with van der Waals surface area (Å²) in [5.41, 5.74) is 1.62. The van der Waals surface area contributed by atoms with Gasteiger partial charge in [-0.1, -0.05) is 0 Å². The molecule has 0 saturated carbocycles. The lowest BCUT2D eigenvalue weighted by atomic mass is 10.1. The van der Waals surface area contributed by atoms with Gasteiger partial charge < -0.3 is 38.2 Å². The Morgan fingerprint density at radius 2 is 0.863 bits per heavy atom. The highest BCUT2D eigenvalue weighted by atomic mass is 32.2. The van der Waals surface area contributed by atoms with E-state index >= 15 is 0 Å². The largest absolute Gasteiger partial charge is 0.479 e. The highest BCUT2D eigenvalue weighted by Crippen LogP contribution is 2.37. The highest BCUT2D eigenvalue weighted by molar-refractivity contribution is 7.91. The summed E-state index contributed by atoms with van der Waals surface area (Å²) in [4.78, 5) is 44.4. The summed E-state index contributed by atoms with van der Waals surface area (Å²) in [7, 11) is 0.958. The van der Waals surface area contributed by atoms with Crippen molar-refractivity contribution in [2.45, 2.75) is 47.1 Å². The zero-order valence-electron chi connectivity index (χ0n) is 43.8. The minimum Gasteiger partial charge on any atom is -0.479 e. The minimum absolute atomic E-state index is 0.0819. The third-order valence-electron chi connectivity index (χ3n) is 12.9. The van der Waals surface area contributed by atoms with Crippen LogP contribution in [0.1, 0.15) is 24.5 Å². The normalized spacial score (nSPS) is 17.6. The smallest absolute Gasteiger partial charge is 0.245 e. The second kappa shape index (κ2) is 24.6. The van der Waals surface area contributed by atoms with Gasteiger partial charge in [0.1, 0.15) is 24.2 Å². The Morgan fingerprint density at radius 1 is 0.500 bits per heavy atom. The number of rotatable bonds is 18. The van der Waals surface area contributed by atoms with E-state index in [1.807, 2.05) is 0 Å². The van der Waals surface area contributed by atoms with Gasteiger partial charge in [0.05, 0.1) is 75.9 Å². The third-order valence-corrected chi connectivity index (χ3v) is 16.9. The van der Waals surface area contributed by atoms with Crippen molar-refractivity contribution in [1.29, 1.82) is 0 Å². The fraction of sp³-hybridized carbons (Fsp3) is 0.375. The van der Waals surface area contributed by atoms with Gasteiger partial charge >= 0.3 is 0 Å². The molecule has 8 aromatic rings. The number of ether oxygens (including phenoxy) is 6. The van der Waals surface area contributed by atoms with Crippen LogP contribution in [-0.4, -0.2) is 188 Å². The van der Waals surface area contributed by atoms with E-state index in [0.717, 1.165) is 24.8 Å². The molecule has 32 heteroatoms. The Kier molecular flexibility index (Phi) is 17.2. The molecule has 80 heavy (non-hydrogen) atoms. The number of aromatic nitrogens is 16. The van der Waals surface area contributed by atoms with Crippen LogP contribution in [0.25, 0.3) is 34.2 Å². The molecule has 2 saturated heterocycles. The van der Waals surface area contributed by atoms with Crippen molar-refractivity contribution in [3.63, 3.8) is 0 Å². The first kappa shape index (κ1) is 56.1. The molecule has 10 rings (SSSR count). The number of hydrogen-bond donors (Lipinski definition) is 0. The molecule has 420 valence electrons. The molecule has 2 aliphatic rings. The van der Waals surface area contributed by atoms with Gasteiger partial charge in [0.25, 0.3) is 0 Å². The van der Waals surface area contributed by atoms with E-state index in [1.165, 1.54) is 64.4 Å². The van der Waals surface area contributed by atoms with Gasteiger partial charge in [-0.25, -0.2) is 45.6 Å². The number of pyridine rings is 2. The van der Waals surface area contributed by atoms with Gasteiger partial charge in [-0.05, 0) is 37.1 Å². The molecule has 0 radical (unpaired) electrons. The number of halogens is 2. The fourth-order valence-electron chi connectivity index (χ4n) is 9.07. The van der Waals surface area contributed by atoms with Gasteiger partial charge in [-0.3, -0.25) is 19.1 Å². The summed E-state index contributed by atoms with van der Waals surface area (Å²) < 4.78 is 118. The first-order valence-corrected chi connectivity index (χ1v) is 27.6. The third kappa shape index (κ3) is 12.2. The van der Waals surface area contributed by atoms with Crippen LogP contribution in [0.15, 0.2) is 86.5 Å². The highest BCUT2D eigenvalue weighted by Gasteiger charge is 2.40. The number of anilines is 2. The van der Waals surface area contributed by atoms with Crippen LogP contribution in [0.2, 0.25) is 0 Å². The topological polar surface area (TPSA) is 320 Å². The van der Waals surface area contributed by atoms with Crippen LogP contribution in [0, 0.1) is 11.6 Å². The lowest BCUT2D eigenvalue weighted by Crippen LogP contribution is -2.50. The van der Waals surface area contributed by atoms with Gasteiger partial charge in [-0.15, -0.1) is 20.4 Å². The summed E-state index contributed by atoms with van der Waals surface area (Å²) in [6.07, 6.45) is 12.7. The lowest BCUT2D eigenvalue weighted by Gasteiger charge is -2.36. The number of piperidine rings is 2. The maximum atomic E-state index is 13.9. The molecule has 0 spiro atoms. The SMILES string of the molecule is COc1ncnc(OC)c1-n1c(CS(=O)(=O)[C@@H]2C[C@@H](OC)CN(c3ncc(F)cn3)C2)nnc1-c1cccnc1.COc1ncnc(OC)c1-n1c(CS(=O)(=O)[C@H]2C[C@H](OC)CN(c3ncc(F)cn3)C2)nnc1-c1cccnc1. The van der Waals surface area contributed by atoms with Gasteiger partial charge in [0, 0.05) is 76.3 Å². The van der Waals surface area contributed by atoms with Crippen molar-refractivity contribution in [3.8, 4) is 57.7 Å². The molecule has 2 aliphatic heterocycles. The molecule has 8 aromatic heterocycles. The maximum absolute atomic E-state index is 13.9. The Labute approximate surface area is 456 Å². The summed E-state index contributed by atoms with van der Waals surface area (Å²) in [5, 5.41) is 15.4. The van der Waals surface area contributed by atoms with Gasteiger partial charge in [0.15, 0.2) is 66.0 Å². The Bertz CT molecular complexity index is 3340. The monoisotopic (exact) mass is 1140 g/mol. The average molecular weight is 1140 g/mol. The Hall–Kier alpha value is -8.62. The van der Waals surface area contributed by atoms with E-state index in [1.54, 1.807) is 58.9 Å². The predicted octanol–water partition coefficient (Wildman–Crippen LogP) is 2.55. The average Bonchev–Trinajstić information content (AvgIpc) is 4.22.